The largest absolute Gasteiger partial charge is 0.349 e. The number of hydrogen-bond acceptors (Lipinski definition) is 3. The van der Waals surface area contributed by atoms with E-state index in [4.69, 9.17) is 0 Å². The van der Waals surface area contributed by atoms with Crippen molar-refractivity contribution < 1.29 is 14.4 Å². The summed E-state index contributed by atoms with van der Waals surface area (Å²) in [6.07, 6.45) is 3.11. The van der Waals surface area contributed by atoms with Gasteiger partial charge in [0.1, 0.15) is 0 Å². The van der Waals surface area contributed by atoms with Crippen LogP contribution in [-0.4, -0.2) is 29.2 Å². The predicted octanol–water partition coefficient (Wildman–Crippen LogP) is 2.87. The van der Waals surface area contributed by atoms with E-state index in [-0.39, 0.29) is 36.7 Å². The summed E-state index contributed by atoms with van der Waals surface area (Å²) in [6, 6.07) is 14.9. The van der Waals surface area contributed by atoms with Crippen LogP contribution in [0, 0.1) is 0 Å². The van der Waals surface area contributed by atoms with Crippen LogP contribution in [-0.2, 0) is 11.2 Å². The molecular formula is C21H20N2O3. The van der Waals surface area contributed by atoms with Crippen molar-refractivity contribution in [3.63, 3.8) is 0 Å². The highest BCUT2D eigenvalue weighted by molar-refractivity contribution is 6.21. The fraction of sp³-hybridized carbons (Fsp3) is 0.286. The third-order valence-electron chi connectivity index (χ3n) is 5.15. The number of fused-ring (bicyclic) bond motifs is 2. The molecular weight excluding hydrogens is 328 g/mol. The third-order valence-corrected chi connectivity index (χ3v) is 5.15. The van der Waals surface area contributed by atoms with Gasteiger partial charge in [0.05, 0.1) is 17.2 Å². The van der Waals surface area contributed by atoms with Crippen LogP contribution in [0.15, 0.2) is 48.5 Å². The van der Waals surface area contributed by atoms with Crippen LogP contribution in [0.2, 0.25) is 0 Å². The molecule has 1 atom stereocenters. The maximum atomic E-state index is 12.4. The summed E-state index contributed by atoms with van der Waals surface area (Å²) in [5.41, 5.74) is 3.29. The zero-order valence-corrected chi connectivity index (χ0v) is 14.4. The molecule has 0 bridgehead atoms. The van der Waals surface area contributed by atoms with Gasteiger partial charge in [-0.2, -0.15) is 0 Å². The molecule has 26 heavy (non-hydrogen) atoms. The lowest BCUT2D eigenvalue weighted by molar-refractivity contribution is -0.122. The molecule has 1 aliphatic heterocycles. The van der Waals surface area contributed by atoms with Gasteiger partial charge >= 0.3 is 0 Å². The lowest BCUT2D eigenvalue weighted by Crippen LogP contribution is -2.36. The molecule has 2 aliphatic rings. The Morgan fingerprint density at radius 2 is 1.65 bits per heavy atom. The number of nitrogens with one attached hydrogen (secondary N) is 1. The van der Waals surface area contributed by atoms with E-state index in [0.717, 1.165) is 19.3 Å². The van der Waals surface area contributed by atoms with E-state index < -0.39 is 0 Å². The molecule has 2 aromatic rings. The minimum Gasteiger partial charge on any atom is -0.349 e. The highest BCUT2D eigenvalue weighted by Crippen LogP contribution is 2.29. The number of hydrogen-bond donors (Lipinski definition) is 1. The molecule has 0 spiro atoms. The van der Waals surface area contributed by atoms with Crippen LogP contribution in [0.3, 0.4) is 0 Å². The summed E-state index contributed by atoms with van der Waals surface area (Å²) in [6.45, 7) is 0.104. The van der Waals surface area contributed by atoms with Crippen molar-refractivity contribution in [1.82, 2.24) is 10.2 Å². The van der Waals surface area contributed by atoms with E-state index in [9.17, 15) is 14.4 Å². The summed E-state index contributed by atoms with van der Waals surface area (Å²) in [4.78, 5) is 38.3. The highest BCUT2D eigenvalue weighted by Gasteiger charge is 2.35. The molecule has 1 heterocycles. The molecule has 5 nitrogen and oxygen atoms in total. The van der Waals surface area contributed by atoms with Crippen molar-refractivity contribution in [2.45, 2.75) is 31.7 Å². The van der Waals surface area contributed by atoms with Crippen molar-refractivity contribution >= 4 is 17.7 Å². The van der Waals surface area contributed by atoms with E-state index in [1.165, 1.54) is 16.0 Å². The lowest BCUT2D eigenvalue weighted by atomic mass is 9.87. The second kappa shape index (κ2) is 6.75. The van der Waals surface area contributed by atoms with Crippen molar-refractivity contribution in [3.8, 4) is 0 Å². The first-order valence-corrected chi connectivity index (χ1v) is 8.97. The number of carbonyl (C=O) groups is 3. The monoisotopic (exact) mass is 348 g/mol. The van der Waals surface area contributed by atoms with Crippen molar-refractivity contribution in [3.05, 3.63) is 70.8 Å². The Hall–Kier alpha value is -2.95. The number of rotatable bonds is 4. The number of imide groups is 1. The maximum absolute atomic E-state index is 12.4. The van der Waals surface area contributed by atoms with Crippen LogP contribution >= 0.6 is 0 Å². The van der Waals surface area contributed by atoms with E-state index in [2.05, 4.69) is 17.4 Å². The average Bonchev–Trinajstić information content (AvgIpc) is 2.91. The molecule has 0 radical (unpaired) electrons. The van der Waals surface area contributed by atoms with Crippen LogP contribution in [0.1, 0.15) is 57.1 Å². The summed E-state index contributed by atoms with van der Waals surface area (Å²) in [7, 11) is 0. The van der Waals surface area contributed by atoms with Gasteiger partial charge in [-0.1, -0.05) is 36.4 Å². The third kappa shape index (κ3) is 2.90. The number of aryl methyl sites for hydroxylation is 1. The second-order valence-corrected chi connectivity index (χ2v) is 6.77. The smallest absolute Gasteiger partial charge is 0.261 e. The van der Waals surface area contributed by atoms with Gasteiger partial charge in [0.2, 0.25) is 5.91 Å². The molecule has 0 saturated heterocycles. The first kappa shape index (κ1) is 16.5. The molecule has 0 aromatic heterocycles. The minimum atomic E-state index is -0.318. The summed E-state index contributed by atoms with van der Waals surface area (Å²) in [5.74, 6) is -0.772. The zero-order chi connectivity index (χ0) is 18.1. The first-order valence-electron chi connectivity index (χ1n) is 8.97. The predicted molar refractivity (Wildman–Crippen MR) is 96.7 cm³/mol. The molecule has 4 rings (SSSR count). The van der Waals surface area contributed by atoms with Crippen LogP contribution < -0.4 is 5.32 Å². The summed E-state index contributed by atoms with van der Waals surface area (Å²) < 4.78 is 0. The fourth-order valence-corrected chi connectivity index (χ4v) is 3.83. The van der Waals surface area contributed by atoms with Crippen LogP contribution in [0.5, 0.6) is 0 Å². The molecule has 1 N–H and O–H groups in total. The van der Waals surface area contributed by atoms with Crippen molar-refractivity contribution in [1.29, 1.82) is 0 Å². The normalized spacial score (nSPS) is 18.5. The van der Waals surface area contributed by atoms with Gasteiger partial charge < -0.3 is 5.32 Å². The molecule has 3 amide bonds. The van der Waals surface area contributed by atoms with Gasteiger partial charge in [-0.25, -0.2) is 0 Å². The SMILES string of the molecule is O=C(CCN1C(=O)c2ccccc2C1=O)N[C@@H]1CCCc2ccccc21. The van der Waals surface area contributed by atoms with E-state index in [1.807, 2.05) is 12.1 Å². The Morgan fingerprint density at radius 1 is 1.00 bits per heavy atom. The van der Waals surface area contributed by atoms with E-state index >= 15 is 0 Å². The van der Waals surface area contributed by atoms with E-state index in [0.29, 0.717) is 11.1 Å². The molecule has 0 saturated carbocycles. The van der Waals surface area contributed by atoms with Gasteiger partial charge in [-0.05, 0) is 42.5 Å². The Balaban J connectivity index is 1.39. The second-order valence-electron chi connectivity index (χ2n) is 6.77. The number of benzene rings is 2. The van der Waals surface area contributed by atoms with Gasteiger partial charge in [0.15, 0.2) is 0 Å². The molecule has 132 valence electrons. The van der Waals surface area contributed by atoms with Gasteiger partial charge in [-0.15, -0.1) is 0 Å². The van der Waals surface area contributed by atoms with Crippen LogP contribution in [0.4, 0.5) is 0 Å². The van der Waals surface area contributed by atoms with Gasteiger partial charge in [-0.3, -0.25) is 19.3 Å². The Kier molecular flexibility index (Phi) is 4.29. The van der Waals surface area contributed by atoms with Gasteiger partial charge in [0.25, 0.3) is 11.8 Å². The lowest BCUT2D eigenvalue weighted by Gasteiger charge is -2.26. The maximum Gasteiger partial charge on any atom is 0.261 e. The summed E-state index contributed by atoms with van der Waals surface area (Å²) >= 11 is 0. The Bertz CT molecular complexity index is 855. The quantitative estimate of drug-likeness (QED) is 0.864. The highest BCUT2D eigenvalue weighted by atomic mass is 16.2. The van der Waals surface area contributed by atoms with E-state index in [1.54, 1.807) is 24.3 Å². The number of amides is 3. The molecule has 1 aliphatic carbocycles. The number of carbonyl (C=O) groups excluding carboxylic acids is 3. The first-order chi connectivity index (χ1) is 12.6. The molecule has 5 heteroatoms. The van der Waals surface area contributed by atoms with Crippen molar-refractivity contribution in [2.75, 3.05) is 6.54 Å². The molecule has 2 aromatic carbocycles. The fourth-order valence-electron chi connectivity index (χ4n) is 3.83. The Labute approximate surface area is 152 Å². The Morgan fingerprint density at radius 3 is 2.38 bits per heavy atom. The number of nitrogens with zero attached hydrogens (tertiary/aromatic N) is 1. The average molecular weight is 348 g/mol. The zero-order valence-electron chi connectivity index (χ0n) is 14.4. The molecule has 0 fully saturated rings. The van der Waals surface area contributed by atoms with Crippen LogP contribution in [0.25, 0.3) is 0 Å². The van der Waals surface area contributed by atoms with Crippen molar-refractivity contribution in [2.24, 2.45) is 0 Å². The topological polar surface area (TPSA) is 66.5 Å². The minimum absolute atomic E-state index is 0.00892. The molecule has 0 unspecified atom stereocenters. The summed E-state index contributed by atoms with van der Waals surface area (Å²) in [5, 5.41) is 3.06. The standard InChI is InChI=1S/C21H20N2O3/c24-19(22-18-11-5-7-14-6-1-2-8-15(14)18)12-13-23-20(25)16-9-3-4-10-17(16)21(23)26/h1-4,6,8-10,18H,5,7,11-13H2,(H,22,24)/t18-/m1/s1. The van der Waals surface area contributed by atoms with Gasteiger partial charge in [0, 0.05) is 13.0 Å².